The molecule has 1 atom stereocenters. The first-order valence-corrected chi connectivity index (χ1v) is 3.48. The van der Waals surface area contributed by atoms with Crippen molar-refractivity contribution in [1.29, 1.82) is 0 Å². The molecule has 9 heavy (non-hydrogen) atoms. The van der Waals surface area contributed by atoms with Gasteiger partial charge in [0.1, 0.15) is 11.1 Å². The zero-order valence-corrected chi connectivity index (χ0v) is 6.28. The summed E-state index contributed by atoms with van der Waals surface area (Å²) in [5, 5.41) is 0. The summed E-state index contributed by atoms with van der Waals surface area (Å²) in [4.78, 5) is 0.500. The van der Waals surface area contributed by atoms with Crippen LogP contribution in [0.1, 0.15) is 12.8 Å². The lowest BCUT2D eigenvalue weighted by molar-refractivity contribution is 0.139. The number of methoxy groups -OCH3 is 1. The number of nitrogens with two attached hydrogens (primary N) is 1. The molecule has 0 saturated heterocycles. The third-order valence-electron chi connectivity index (χ3n) is 1.58. The van der Waals surface area contributed by atoms with Crippen molar-refractivity contribution >= 4 is 17.2 Å². The molecule has 0 aromatic rings. The van der Waals surface area contributed by atoms with Gasteiger partial charge in [-0.05, 0) is 18.8 Å². The summed E-state index contributed by atoms with van der Waals surface area (Å²) in [6.07, 6.45) is 2.48. The molecule has 1 unspecified atom stereocenters. The van der Waals surface area contributed by atoms with Crippen LogP contribution in [0.25, 0.3) is 0 Å². The highest BCUT2D eigenvalue weighted by Crippen LogP contribution is 2.33. The molecule has 2 N–H and O–H groups in total. The number of rotatable bonds is 3. The van der Waals surface area contributed by atoms with E-state index in [9.17, 15) is 0 Å². The molecule has 0 aromatic heterocycles. The molecule has 0 radical (unpaired) electrons. The molecule has 0 spiro atoms. The average Bonchev–Trinajstić information content (AvgIpc) is 2.50. The molecule has 1 fully saturated rings. The predicted octanol–water partition coefficient (Wildman–Crippen LogP) is 0.698. The van der Waals surface area contributed by atoms with Crippen molar-refractivity contribution in [2.75, 3.05) is 7.11 Å². The van der Waals surface area contributed by atoms with Crippen molar-refractivity contribution in [3.8, 4) is 0 Å². The monoisotopic (exact) mass is 145 g/mol. The highest BCUT2D eigenvalue weighted by atomic mass is 32.1. The Kier molecular flexibility index (Phi) is 2.03. The normalized spacial score (nSPS) is 21.4. The Bertz CT molecular complexity index is 122. The second-order valence-corrected chi connectivity index (χ2v) is 2.87. The van der Waals surface area contributed by atoms with E-state index in [0.717, 1.165) is 0 Å². The van der Waals surface area contributed by atoms with E-state index in [1.54, 1.807) is 7.11 Å². The lowest BCUT2D eigenvalue weighted by atomic mass is 10.2. The van der Waals surface area contributed by atoms with E-state index in [0.29, 0.717) is 10.9 Å². The van der Waals surface area contributed by atoms with E-state index in [2.05, 4.69) is 0 Å². The summed E-state index contributed by atoms with van der Waals surface area (Å²) in [5.41, 5.74) is 5.39. The summed E-state index contributed by atoms with van der Waals surface area (Å²) in [7, 11) is 1.65. The molecule has 0 amide bonds. The first kappa shape index (κ1) is 6.96. The van der Waals surface area contributed by atoms with E-state index in [1.807, 2.05) is 0 Å². The molecule has 1 aliphatic carbocycles. The van der Waals surface area contributed by atoms with E-state index >= 15 is 0 Å². The van der Waals surface area contributed by atoms with Crippen molar-refractivity contribution < 1.29 is 4.74 Å². The summed E-state index contributed by atoms with van der Waals surface area (Å²) in [6.45, 7) is 0. The quantitative estimate of drug-likeness (QED) is 0.594. The zero-order chi connectivity index (χ0) is 6.85. The van der Waals surface area contributed by atoms with Crippen LogP contribution in [-0.2, 0) is 4.74 Å². The van der Waals surface area contributed by atoms with Crippen LogP contribution in [0.15, 0.2) is 0 Å². The molecule has 52 valence electrons. The standard InChI is InChI=1S/C6H11NOS/c1-8-5(6(7)9)4-2-3-4/h4-5H,2-3H2,1H3,(H2,7,9). The molecule has 3 heteroatoms. The van der Waals surface area contributed by atoms with E-state index < -0.39 is 0 Å². The van der Waals surface area contributed by atoms with Crippen LogP contribution in [0, 0.1) is 5.92 Å². The van der Waals surface area contributed by atoms with Crippen LogP contribution >= 0.6 is 12.2 Å². The Morgan fingerprint density at radius 2 is 2.33 bits per heavy atom. The minimum Gasteiger partial charge on any atom is -0.391 e. The minimum atomic E-state index is 0.0417. The highest BCUT2D eigenvalue weighted by molar-refractivity contribution is 7.80. The number of ether oxygens (including phenoxy) is 1. The van der Waals surface area contributed by atoms with Gasteiger partial charge >= 0.3 is 0 Å². The van der Waals surface area contributed by atoms with Gasteiger partial charge in [0.25, 0.3) is 0 Å². The van der Waals surface area contributed by atoms with Crippen molar-refractivity contribution in [2.45, 2.75) is 18.9 Å². The van der Waals surface area contributed by atoms with Crippen LogP contribution in [-0.4, -0.2) is 18.2 Å². The highest BCUT2D eigenvalue weighted by Gasteiger charge is 2.32. The van der Waals surface area contributed by atoms with Gasteiger partial charge in [-0.15, -0.1) is 0 Å². The molecule has 0 aliphatic heterocycles. The smallest absolute Gasteiger partial charge is 0.110 e. The first-order chi connectivity index (χ1) is 4.25. The molecular formula is C6H11NOS. The Morgan fingerprint density at radius 1 is 1.78 bits per heavy atom. The number of thiocarbonyl (C=S) groups is 1. The lowest BCUT2D eigenvalue weighted by Gasteiger charge is -2.10. The summed E-state index contributed by atoms with van der Waals surface area (Å²) in [6, 6.07) is 0. The van der Waals surface area contributed by atoms with Crippen molar-refractivity contribution in [3.05, 3.63) is 0 Å². The molecular weight excluding hydrogens is 134 g/mol. The van der Waals surface area contributed by atoms with Crippen LogP contribution < -0.4 is 5.73 Å². The van der Waals surface area contributed by atoms with E-state index in [4.69, 9.17) is 22.7 Å². The molecule has 0 bridgehead atoms. The predicted molar refractivity (Wildman–Crippen MR) is 40.3 cm³/mol. The Hall–Kier alpha value is -0.150. The Labute approximate surface area is 60.4 Å². The van der Waals surface area contributed by atoms with Crippen LogP contribution in [0.4, 0.5) is 0 Å². The van der Waals surface area contributed by atoms with Gasteiger partial charge in [0, 0.05) is 7.11 Å². The fourth-order valence-electron chi connectivity index (χ4n) is 0.940. The second kappa shape index (κ2) is 2.62. The molecule has 0 heterocycles. The van der Waals surface area contributed by atoms with Crippen LogP contribution in [0.3, 0.4) is 0 Å². The number of hydrogen-bond acceptors (Lipinski definition) is 2. The third kappa shape index (κ3) is 1.63. The summed E-state index contributed by atoms with van der Waals surface area (Å²) >= 11 is 4.79. The Balaban J connectivity index is 2.37. The molecule has 1 aliphatic rings. The van der Waals surface area contributed by atoms with Crippen LogP contribution in [0.5, 0.6) is 0 Å². The fraction of sp³-hybridized carbons (Fsp3) is 0.833. The zero-order valence-electron chi connectivity index (χ0n) is 5.46. The fourth-order valence-corrected chi connectivity index (χ4v) is 1.23. The maximum absolute atomic E-state index is 5.39. The molecule has 2 nitrogen and oxygen atoms in total. The van der Waals surface area contributed by atoms with Crippen molar-refractivity contribution in [1.82, 2.24) is 0 Å². The van der Waals surface area contributed by atoms with Gasteiger partial charge in [0.2, 0.25) is 0 Å². The SMILES string of the molecule is COC(C(N)=S)C1CC1. The topological polar surface area (TPSA) is 35.2 Å². The molecule has 1 rings (SSSR count). The van der Waals surface area contributed by atoms with Crippen molar-refractivity contribution in [2.24, 2.45) is 11.7 Å². The van der Waals surface area contributed by atoms with Gasteiger partial charge in [-0.2, -0.15) is 0 Å². The molecule has 1 saturated carbocycles. The number of hydrogen-bond donors (Lipinski definition) is 1. The first-order valence-electron chi connectivity index (χ1n) is 3.08. The van der Waals surface area contributed by atoms with E-state index in [-0.39, 0.29) is 6.10 Å². The molecule has 0 aromatic carbocycles. The second-order valence-electron chi connectivity index (χ2n) is 2.40. The van der Waals surface area contributed by atoms with Gasteiger partial charge < -0.3 is 10.5 Å². The maximum atomic E-state index is 5.39. The Morgan fingerprint density at radius 3 is 2.44 bits per heavy atom. The van der Waals surface area contributed by atoms with E-state index in [1.165, 1.54) is 12.8 Å². The van der Waals surface area contributed by atoms with Crippen molar-refractivity contribution in [3.63, 3.8) is 0 Å². The summed E-state index contributed by atoms with van der Waals surface area (Å²) < 4.78 is 5.07. The lowest BCUT2D eigenvalue weighted by Crippen LogP contribution is -2.30. The largest absolute Gasteiger partial charge is 0.391 e. The van der Waals surface area contributed by atoms with Gasteiger partial charge in [-0.25, -0.2) is 0 Å². The summed E-state index contributed by atoms with van der Waals surface area (Å²) in [5.74, 6) is 0.618. The van der Waals surface area contributed by atoms with Crippen LogP contribution in [0.2, 0.25) is 0 Å². The average molecular weight is 145 g/mol. The van der Waals surface area contributed by atoms with Gasteiger partial charge in [0.05, 0.1) is 0 Å². The third-order valence-corrected chi connectivity index (χ3v) is 1.82. The minimum absolute atomic E-state index is 0.0417. The van der Waals surface area contributed by atoms with Gasteiger partial charge in [0.15, 0.2) is 0 Å². The maximum Gasteiger partial charge on any atom is 0.110 e. The van der Waals surface area contributed by atoms with Gasteiger partial charge in [-0.3, -0.25) is 0 Å². The van der Waals surface area contributed by atoms with Gasteiger partial charge in [-0.1, -0.05) is 12.2 Å².